The maximum Gasteiger partial charge on any atom is 0.140 e. The van der Waals surface area contributed by atoms with Gasteiger partial charge in [0.2, 0.25) is 0 Å². The number of ether oxygens (including phenoxy) is 1. The summed E-state index contributed by atoms with van der Waals surface area (Å²) < 4.78 is 5.74. The van der Waals surface area contributed by atoms with Crippen molar-refractivity contribution in [3.8, 4) is 5.75 Å². The molecule has 0 aliphatic carbocycles. The zero-order chi connectivity index (χ0) is 16.0. The van der Waals surface area contributed by atoms with Crippen molar-refractivity contribution in [3.05, 3.63) is 45.9 Å². The van der Waals surface area contributed by atoms with E-state index < -0.39 is 0 Å². The Morgan fingerprint density at radius 3 is 2.68 bits per heavy atom. The van der Waals surface area contributed by atoms with Gasteiger partial charge in [-0.25, -0.2) is 4.98 Å². The molecule has 0 saturated carbocycles. The number of hydrogen-bond donors (Lipinski definition) is 2. The van der Waals surface area contributed by atoms with Gasteiger partial charge in [0, 0.05) is 24.1 Å². The fourth-order valence-electron chi connectivity index (χ4n) is 1.97. The van der Waals surface area contributed by atoms with Crippen LogP contribution in [0.25, 0.3) is 0 Å². The van der Waals surface area contributed by atoms with E-state index in [0.717, 1.165) is 22.9 Å². The van der Waals surface area contributed by atoms with Crippen LogP contribution in [0.2, 0.25) is 0 Å². The maximum absolute atomic E-state index is 9.03. The lowest BCUT2D eigenvalue weighted by Crippen LogP contribution is -2.39. The summed E-state index contributed by atoms with van der Waals surface area (Å²) in [7, 11) is 0. The number of nitrogens with one attached hydrogen (secondary N) is 1. The van der Waals surface area contributed by atoms with Crippen molar-refractivity contribution in [2.75, 3.05) is 6.61 Å². The van der Waals surface area contributed by atoms with Crippen molar-refractivity contribution in [1.82, 2.24) is 10.3 Å². The standard InChI is InChI=1S/C17H24N2O2S/c1-13-4-6-15(7-5-13)21-11-16-19-14(12-22-16)10-18-17(2,3)8-9-20/h4-7,12,18,20H,8-11H2,1-3H3. The minimum absolute atomic E-state index is 0.0864. The van der Waals surface area contributed by atoms with Crippen LogP contribution in [0.3, 0.4) is 0 Å². The lowest BCUT2D eigenvalue weighted by Gasteiger charge is -2.24. The number of nitrogens with zero attached hydrogens (tertiary/aromatic N) is 1. The van der Waals surface area contributed by atoms with E-state index in [1.165, 1.54) is 5.56 Å². The molecule has 0 radical (unpaired) electrons. The molecule has 0 saturated heterocycles. The van der Waals surface area contributed by atoms with Crippen molar-refractivity contribution < 1.29 is 9.84 Å². The molecule has 1 aromatic heterocycles. The average molecular weight is 320 g/mol. The first-order valence-electron chi connectivity index (χ1n) is 7.47. The molecular formula is C17H24N2O2S. The Hall–Kier alpha value is -1.43. The first-order chi connectivity index (χ1) is 10.5. The van der Waals surface area contributed by atoms with Gasteiger partial charge in [0.1, 0.15) is 17.4 Å². The highest BCUT2D eigenvalue weighted by Crippen LogP contribution is 2.17. The highest BCUT2D eigenvalue weighted by molar-refractivity contribution is 7.09. The number of aliphatic hydroxyl groups is 1. The number of benzene rings is 1. The van der Waals surface area contributed by atoms with Crippen LogP contribution in [-0.4, -0.2) is 22.2 Å². The van der Waals surface area contributed by atoms with Crippen molar-refractivity contribution in [2.24, 2.45) is 0 Å². The predicted octanol–water partition coefficient (Wildman–Crippen LogP) is 3.28. The molecule has 2 N–H and O–H groups in total. The average Bonchev–Trinajstić information content (AvgIpc) is 2.93. The number of aliphatic hydroxyl groups excluding tert-OH is 1. The summed E-state index contributed by atoms with van der Waals surface area (Å²) in [5.41, 5.74) is 2.15. The van der Waals surface area contributed by atoms with Crippen LogP contribution in [0, 0.1) is 6.92 Å². The Balaban J connectivity index is 1.82. The third kappa shape index (κ3) is 5.40. The molecule has 0 spiro atoms. The number of aryl methyl sites for hydroxylation is 1. The zero-order valence-electron chi connectivity index (χ0n) is 13.4. The van der Waals surface area contributed by atoms with E-state index in [2.05, 4.69) is 36.5 Å². The Labute approximate surface area is 136 Å². The smallest absolute Gasteiger partial charge is 0.140 e. The quantitative estimate of drug-likeness (QED) is 0.784. The molecule has 2 rings (SSSR count). The highest BCUT2D eigenvalue weighted by Gasteiger charge is 2.16. The summed E-state index contributed by atoms with van der Waals surface area (Å²) in [6.07, 6.45) is 0.723. The first-order valence-corrected chi connectivity index (χ1v) is 8.35. The Bertz CT molecular complexity index is 579. The van der Waals surface area contributed by atoms with Crippen LogP contribution in [-0.2, 0) is 13.2 Å². The minimum atomic E-state index is -0.0864. The molecule has 0 amide bonds. The zero-order valence-corrected chi connectivity index (χ0v) is 14.2. The minimum Gasteiger partial charge on any atom is -0.486 e. The van der Waals surface area contributed by atoms with E-state index in [1.54, 1.807) is 11.3 Å². The van der Waals surface area contributed by atoms with E-state index in [-0.39, 0.29) is 12.1 Å². The summed E-state index contributed by atoms with van der Waals surface area (Å²) >= 11 is 1.61. The van der Waals surface area contributed by atoms with Crippen molar-refractivity contribution >= 4 is 11.3 Å². The lowest BCUT2D eigenvalue weighted by molar-refractivity contribution is 0.229. The van der Waals surface area contributed by atoms with Crippen LogP contribution >= 0.6 is 11.3 Å². The molecule has 0 bridgehead atoms. The molecule has 0 atom stereocenters. The van der Waals surface area contributed by atoms with Crippen molar-refractivity contribution in [2.45, 2.75) is 45.9 Å². The van der Waals surface area contributed by atoms with Crippen molar-refractivity contribution in [1.29, 1.82) is 0 Å². The van der Waals surface area contributed by atoms with Crippen LogP contribution < -0.4 is 10.1 Å². The lowest BCUT2D eigenvalue weighted by atomic mass is 10.0. The van der Waals surface area contributed by atoms with Gasteiger partial charge in [-0.2, -0.15) is 0 Å². The number of rotatable bonds is 8. The third-order valence-corrected chi connectivity index (χ3v) is 4.34. The van der Waals surface area contributed by atoms with E-state index in [0.29, 0.717) is 13.2 Å². The third-order valence-electron chi connectivity index (χ3n) is 3.47. The fourth-order valence-corrected chi connectivity index (χ4v) is 2.68. The summed E-state index contributed by atoms with van der Waals surface area (Å²) in [4.78, 5) is 4.57. The second-order valence-electron chi connectivity index (χ2n) is 6.05. The van der Waals surface area contributed by atoms with E-state index in [4.69, 9.17) is 9.84 Å². The number of thiazole rings is 1. The molecule has 0 aliphatic rings. The first kappa shape index (κ1) is 16.9. The van der Waals surface area contributed by atoms with E-state index in [1.807, 2.05) is 24.3 Å². The number of hydrogen-bond acceptors (Lipinski definition) is 5. The Morgan fingerprint density at radius 2 is 2.00 bits per heavy atom. The molecule has 4 nitrogen and oxygen atoms in total. The molecule has 22 heavy (non-hydrogen) atoms. The van der Waals surface area contributed by atoms with Gasteiger partial charge in [-0.05, 0) is 39.3 Å². The molecule has 0 aliphatic heterocycles. The second-order valence-corrected chi connectivity index (χ2v) is 6.99. The van der Waals surface area contributed by atoms with E-state index >= 15 is 0 Å². The molecule has 1 aromatic carbocycles. The summed E-state index contributed by atoms with van der Waals surface area (Å²) in [5.74, 6) is 0.865. The molecule has 2 aromatic rings. The van der Waals surface area contributed by atoms with Crippen LogP contribution in [0.4, 0.5) is 0 Å². The van der Waals surface area contributed by atoms with Crippen LogP contribution in [0.1, 0.15) is 36.5 Å². The SMILES string of the molecule is Cc1ccc(OCc2nc(CNC(C)(C)CCO)cs2)cc1. The van der Waals surface area contributed by atoms with E-state index in [9.17, 15) is 0 Å². The maximum atomic E-state index is 9.03. The van der Waals surface area contributed by atoms with Gasteiger partial charge in [0.25, 0.3) is 0 Å². The molecule has 0 unspecified atom stereocenters. The van der Waals surface area contributed by atoms with Gasteiger partial charge in [0.15, 0.2) is 0 Å². The van der Waals surface area contributed by atoms with Crippen molar-refractivity contribution in [3.63, 3.8) is 0 Å². The molecular weight excluding hydrogens is 296 g/mol. The summed E-state index contributed by atoms with van der Waals surface area (Å²) in [5, 5.41) is 15.5. The topological polar surface area (TPSA) is 54.4 Å². The van der Waals surface area contributed by atoms with Gasteiger partial charge < -0.3 is 15.2 Å². The van der Waals surface area contributed by atoms with Crippen LogP contribution in [0.5, 0.6) is 5.75 Å². The van der Waals surface area contributed by atoms with Gasteiger partial charge >= 0.3 is 0 Å². The highest BCUT2D eigenvalue weighted by atomic mass is 32.1. The predicted molar refractivity (Wildman–Crippen MR) is 90.2 cm³/mol. The molecule has 120 valence electrons. The molecule has 5 heteroatoms. The number of aromatic nitrogens is 1. The molecule has 0 fully saturated rings. The van der Waals surface area contributed by atoms with Crippen LogP contribution in [0.15, 0.2) is 29.6 Å². The largest absolute Gasteiger partial charge is 0.486 e. The Morgan fingerprint density at radius 1 is 1.27 bits per heavy atom. The van der Waals surface area contributed by atoms with Gasteiger partial charge in [-0.3, -0.25) is 0 Å². The molecule has 1 heterocycles. The second kappa shape index (κ2) is 7.72. The Kier molecular flexibility index (Phi) is 5.94. The fraction of sp³-hybridized carbons (Fsp3) is 0.471. The normalized spacial score (nSPS) is 11.6. The van der Waals surface area contributed by atoms with Gasteiger partial charge in [-0.15, -0.1) is 11.3 Å². The van der Waals surface area contributed by atoms with Gasteiger partial charge in [0.05, 0.1) is 5.69 Å². The van der Waals surface area contributed by atoms with Gasteiger partial charge in [-0.1, -0.05) is 17.7 Å². The summed E-state index contributed by atoms with van der Waals surface area (Å²) in [6, 6.07) is 8.02. The summed E-state index contributed by atoms with van der Waals surface area (Å²) in [6.45, 7) is 7.60. The monoisotopic (exact) mass is 320 g/mol.